The Hall–Kier alpha value is -2.94. The third kappa shape index (κ3) is 4.53. The van der Waals surface area contributed by atoms with Crippen molar-refractivity contribution in [1.29, 1.82) is 0 Å². The first-order valence-corrected chi connectivity index (χ1v) is 6.99. The molecule has 0 heterocycles. The van der Waals surface area contributed by atoms with E-state index in [1.807, 2.05) is 0 Å². The standard InChI is InChI=1S/C18H14F3NO2/c1-24-16-10-3-2-9-15(16)17(23)22-11-5-7-13-6-4-8-14(12-13)18(19,20)21/h2-4,6,8-10,12H,11H2,1H3,(H,22,23). The Labute approximate surface area is 137 Å². The lowest BCUT2D eigenvalue weighted by atomic mass is 10.1. The van der Waals surface area contributed by atoms with E-state index in [4.69, 9.17) is 4.74 Å². The summed E-state index contributed by atoms with van der Waals surface area (Å²) in [7, 11) is 1.46. The summed E-state index contributed by atoms with van der Waals surface area (Å²) in [4.78, 5) is 12.0. The van der Waals surface area contributed by atoms with Crippen molar-refractivity contribution in [2.45, 2.75) is 6.18 Å². The van der Waals surface area contributed by atoms with Crippen molar-refractivity contribution in [3.05, 3.63) is 65.2 Å². The van der Waals surface area contributed by atoms with Crippen molar-refractivity contribution in [2.75, 3.05) is 13.7 Å². The number of hydrogen-bond donors (Lipinski definition) is 1. The molecule has 124 valence electrons. The van der Waals surface area contributed by atoms with Gasteiger partial charge in [0.2, 0.25) is 0 Å². The molecule has 0 aliphatic carbocycles. The highest BCUT2D eigenvalue weighted by atomic mass is 19.4. The van der Waals surface area contributed by atoms with Crippen molar-refractivity contribution in [3.63, 3.8) is 0 Å². The Balaban J connectivity index is 2.00. The summed E-state index contributed by atoms with van der Waals surface area (Å²) in [5.74, 6) is 5.29. The number of ether oxygens (including phenoxy) is 1. The Morgan fingerprint density at radius 1 is 1.17 bits per heavy atom. The van der Waals surface area contributed by atoms with Gasteiger partial charge in [0.25, 0.3) is 5.91 Å². The first-order chi connectivity index (χ1) is 11.4. The molecule has 0 radical (unpaired) electrons. The maximum Gasteiger partial charge on any atom is 0.416 e. The zero-order chi connectivity index (χ0) is 17.6. The van der Waals surface area contributed by atoms with E-state index in [9.17, 15) is 18.0 Å². The normalized spacial score (nSPS) is 10.5. The van der Waals surface area contributed by atoms with E-state index in [0.717, 1.165) is 12.1 Å². The van der Waals surface area contributed by atoms with Crippen LogP contribution in [0.25, 0.3) is 0 Å². The molecule has 0 fully saturated rings. The average molecular weight is 333 g/mol. The van der Waals surface area contributed by atoms with Crippen LogP contribution in [0.5, 0.6) is 5.75 Å². The van der Waals surface area contributed by atoms with E-state index in [1.165, 1.54) is 19.2 Å². The van der Waals surface area contributed by atoms with E-state index >= 15 is 0 Å². The van der Waals surface area contributed by atoms with Crippen LogP contribution in [0.4, 0.5) is 13.2 Å². The summed E-state index contributed by atoms with van der Waals surface area (Å²) in [6.45, 7) is 0.00707. The molecule has 0 bridgehead atoms. The number of rotatable bonds is 3. The molecule has 6 heteroatoms. The molecule has 0 saturated heterocycles. The molecule has 0 aliphatic heterocycles. The highest BCUT2D eigenvalue weighted by Crippen LogP contribution is 2.29. The minimum absolute atomic E-state index is 0.00707. The lowest BCUT2D eigenvalue weighted by Gasteiger charge is -2.07. The predicted octanol–water partition coefficient (Wildman–Crippen LogP) is 3.50. The second kappa shape index (κ2) is 7.55. The summed E-state index contributed by atoms with van der Waals surface area (Å²) in [5, 5.41) is 2.57. The van der Waals surface area contributed by atoms with Crippen LogP contribution in [-0.2, 0) is 6.18 Å². The Bertz CT molecular complexity index is 789. The van der Waals surface area contributed by atoms with Gasteiger partial charge in [0.15, 0.2) is 0 Å². The van der Waals surface area contributed by atoms with Crippen LogP contribution in [0.1, 0.15) is 21.5 Å². The number of benzene rings is 2. The molecule has 0 aromatic heterocycles. The molecule has 0 aliphatic rings. The van der Waals surface area contributed by atoms with E-state index in [0.29, 0.717) is 11.3 Å². The lowest BCUT2D eigenvalue weighted by molar-refractivity contribution is -0.137. The fourth-order valence-electron chi connectivity index (χ4n) is 1.97. The third-order valence-electron chi connectivity index (χ3n) is 3.11. The van der Waals surface area contributed by atoms with Crippen LogP contribution < -0.4 is 10.1 Å². The van der Waals surface area contributed by atoms with Crippen LogP contribution >= 0.6 is 0 Å². The van der Waals surface area contributed by atoms with E-state index in [-0.39, 0.29) is 18.0 Å². The minimum atomic E-state index is -4.41. The second-order valence-electron chi connectivity index (χ2n) is 4.76. The monoisotopic (exact) mass is 333 g/mol. The molecular weight excluding hydrogens is 319 g/mol. The van der Waals surface area contributed by atoms with Crippen molar-refractivity contribution < 1.29 is 22.7 Å². The van der Waals surface area contributed by atoms with Gasteiger partial charge >= 0.3 is 6.18 Å². The zero-order valence-corrected chi connectivity index (χ0v) is 12.8. The maximum atomic E-state index is 12.6. The maximum absolute atomic E-state index is 12.6. The van der Waals surface area contributed by atoms with E-state index in [1.54, 1.807) is 24.3 Å². The molecule has 24 heavy (non-hydrogen) atoms. The molecule has 0 unspecified atom stereocenters. The molecule has 0 atom stereocenters. The smallest absolute Gasteiger partial charge is 0.416 e. The molecule has 2 aromatic rings. The molecule has 1 N–H and O–H groups in total. The first kappa shape index (κ1) is 17.4. The highest BCUT2D eigenvalue weighted by molar-refractivity contribution is 5.97. The second-order valence-corrected chi connectivity index (χ2v) is 4.76. The Morgan fingerprint density at radius 2 is 1.92 bits per heavy atom. The number of amides is 1. The summed E-state index contributed by atoms with van der Waals surface area (Å²) in [5.41, 5.74) is -0.162. The molecule has 2 aromatic carbocycles. The van der Waals surface area contributed by atoms with Gasteiger partial charge in [0.05, 0.1) is 24.8 Å². The van der Waals surface area contributed by atoms with Crippen LogP contribution in [0.3, 0.4) is 0 Å². The van der Waals surface area contributed by atoms with E-state index in [2.05, 4.69) is 17.2 Å². The summed E-state index contributed by atoms with van der Waals surface area (Å²) < 4.78 is 42.9. The van der Waals surface area contributed by atoms with Crippen molar-refractivity contribution in [2.24, 2.45) is 0 Å². The van der Waals surface area contributed by atoms with Crippen molar-refractivity contribution in [3.8, 4) is 17.6 Å². The number of methoxy groups -OCH3 is 1. The van der Waals surface area contributed by atoms with Crippen LogP contribution in [-0.4, -0.2) is 19.6 Å². The number of nitrogens with one attached hydrogen (secondary N) is 1. The highest BCUT2D eigenvalue weighted by Gasteiger charge is 2.30. The number of carbonyl (C=O) groups is 1. The molecule has 1 amide bonds. The van der Waals surface area contributed by atoms with Crippen molar-refractivity contribution >= 4 is 5.91 Å². The quantitative estimate of drug-likeness (QED) is 0.873. The summed E-state index contributed by atoms with van der Waals surface area (Å²) in [6, 6.07) is 11.4. The van der Waals surface area contributed by atoms with Gasteiger partial charge in [-0.25, -0.2) is 0 Å². The fraction of sp³-hybridized carbons (Fsp3) is 0.167. The van der Waals surface area contributed by atoms with Gasteiger partial charge in [-0.3, -0.25) is 4.79 Å². The molecule has 0 spiro atoms. The van der Waals surface area contributed by atoms with Crippen LogP contribution in [0.15, 0.2) is 48.5 Å². The summed E-state index contributed by atoms with van der Waals surface area (Å²) >= 11 is 0. The molecule has 2 rings (SSSR count). The Kier molecular flexibility index (Phi) is 5.48. The molecule has 3 nitrogen and oxygen atoms in total. The zero-order valence-electron chi connectivity index (χ0n) is 12.8. The number of alkyl halides is 3. The average Bonchev–Trinajstić information content (AvgIpc) is 2.58. The lowest BCUT2D eigenvalue weighted by Crippen LogP contribution is -2.24. The number of para-hydroxylation sites is 1. The first-order valence-electron chi connectivity index (χ1n) is 6.99. The van der Waals surface area contributed by atoms with Gasteiger partial charge in [-0.2, -0.15) is 13.2 Å². The van der Waals surface area contributed by atoms with Gasteiger partial charge < -0.3 is 10.1 Å². The van der Waals surface area contributed by atoms with Crippen LogP contribution in [0.2, 0.25) is 0 Å². The van der Waals surface area contributed by atoms with E-state index < -0.39 is 11.7 Å². The molecule has 0 saturated carbocycles. The van der Waals surface area contributed by atoms with Gasteiger partial charge in [0.1, 0.15) is 5.75 Å². The van der Waals surface area contributed by atoms with Gasteiger partial charge in [-0.1, -0.05) is 30.0 Å². The minimum Gasteiger partial charge on any atom is -0.496 e. The third-order valence-corrected chi connectivity index (χ3v) is 3.11. The Morgan fingerprint density at radius 3 is 2.62 bits per heavy atom. The molecular formula is C18H14F3NO2. The number of halogens is 3. The topological polar surface area (TPSA) is 38.3 Å². The van der Waals surface area contributed by atoms with Gasteiger partial charge in [-0.05, 0) is 30.3 Å². The number of carbonyl (C=O) groups excluding carboxylic acids is 1. The summed E-state index contributed by atoms with van der Waals surface area (Å²) in [6.07, 6.45) is -4.41. The van der Waals surface area contributed by atoms with Gasteiger partial charge in [0, 0.05) is 5.56 Å². The predicted molar refractivity (Wildman–Crippen MR) is 83.6 cm³/mol. The SMILES string of the molecule is COc1ccccc1C(=O)NCC#Cc1cccc(C(F)(F)F)c1. The van der Waals surface area contributed by atoms with Gasteiger partial charge in [-0.15, -0.1) is 0 Å². The van der Waals surface area contributed by atoms with Crippen LogP contribution in [0, 0.1) is 11.8 Å². The van der Waals surface area contributed by atoms with Crippen molar-refractivity contribution in [1.82, 2.24) is 5.32 Å². The largest absolute Gasteiger partial charge is 0.496 e. The fourth-order valence-corrected chi connectivity index (χ4v) is 1.97. The number of hydrogen-bond acceptors (Lipinski definition) is 2.